The Morgan fingerprint density at radius 1 is 0.923 bits per heavy atom. The zero-order valence-corrected chi connectivity index (χ0v) is 16.2. The van der Waals surface area contributed by atoms with E-state index in [2.05, 4.69) is 67.7 Å². The Kier molecular flexibility index (Phi) is 3.71. The second-order valence-corrected chi connectivity index (χ2v) is 9.16. The Hall–Kier alpha value is -1.76. The fraction of sp³-hybridized carbons (Fsp3) is 0.520. The Bertz CT molecular complexity index is 806. The van der Waals surface area contributed by atoms with Gasteiger partial charge in [-0.05, 0) is 60.3 Å². The molecule has 0 saturated heterocycles. The zero-order chi connectivity index (χ0) is 17.8. The molecule has 2 fully saturated rings. The molecule has 2 aromatic rings. The summed E-state index contributed by atoms with van der Waals surface area (Å²) in [5, 5.41) is 4.12. The highest BCUT2D eigenvalue weighted by molar-refractivity contribution is 5.68. The Balaban J connectivity index is 1.77. The third-order valence-corrected chi connectivity index (χ3v) is 7.74. The van der Waals surface area contributed by atoms with Crippen LogP contribution in [0, 0.1) is 5.92 Å². The maximum atomic E-state index is 4.12. The number of hydrogen-bond donors (Lipinski definition) is 1. The molecule has 2 aliphatic carbocycles. The molecule has 3 atom stereocenters. The molecule has 1 spiro atoms. The molecule has 1 heterocycles. The first kappa shape index (κ1) is 16.4. The molecular weight excluding hydrogens is 314 g/mol. The summed E-state index contributed by atoms with van der Waals surface area (Å²) in [6.45, 7) is 4.65. The molecule has 1 nitrogen and oxygen atoms in total. The van der Waals surface area contributed by atoms with Gasteiger partial charge in [0.2, 0.25) is 0 Å². The summed E-state index contributed by atoms with van der Waals surface area (Å²) in [6, 6.07) is 18.7. The SMILES string of the molecule is CC(C)c1ccc2c(c1)[C@]13CCCC[C@@H]1CCC[C@@]3(c1ccccc1)N2. The van der Waals surface area contributed by atoms with Gasteiger partial charge in [0.1, 0.15) is 0 Å². The van der Waals surface area contributed by atoms with Crippen molar-refractivity contribution in [3.8, 4) is 0 Å². The van der Waals surface area contributed by atoms with Crippen LogP contribution in [-0.2, 0) is 11.0 Å². The zero-order valence-electron chi connectivity index (χ0n) is 16.2. The van der Waals surface area contributed by atoms with Crippen LogP contribution in [0.4, 0.5) is 5.69 Å². The van der Waals surface area contributed by atoms with Crippen molar-refractivity contribution < 1.29 is 0 Å². The van der Waals surface area contributed by atoms with E-state index in [1.165, 1.54) is 61.8 Å². The lowest BCUT2D eigenvalue weighted by molar-refractivity contribution is 0.0564. The van der Waals surface area contributed by atoms with E-state index < -0.39 is 0 Å². The predicted molar refractivity (Wildman–Crippen MR) is 110 cm³/mol. The van der Waals surface area contributed by atoms with Gasteiger partial charge in [0, 0.05) is 11.1 Å². The molecule has 0 bridgehead atoms. The van der Waals surface area contributed by atoms with Gasteiger partial charge in [0.05, 0.1) is 5.54 Å². The third kappa shape index (κ3) is 2.03. The van der Waals surface area contributed by atoms with Crippen molar-refractivity contribution in [2.24, 2.45) is 5.92 Å². The molecule has 2 aromatic carbocycles. The summed E-state index contributed by atoms with van der Waals surface area (Å²) in [5.74, 6) is 1.41. The topological polar surface area (TPSA) is 12.0 Å². The van der Waals surface area contributed by atoms with Crippen LogP contribution < -0.4 is 5.32 Å². The van der Waals surface area contributed by atoms with E-state index in [4.69, 9.17) is 0 Å². The molecule has 5 rings (SSSR count). The molecule has 1 heteroatoms. The fourth-order valence-corrected chi connectivity index (χ4v) is 6.62. The summed E-state index contributed by atoms with van der Waals surface area (Å²) < 4.78 is 0. The number of benzene rings is 2. The average Bonchev–Trinajstić information content (AvgIpc) is 2.98. The number of nitrogens with one attached hydrogen (secondary N) is 1. The minimum atomic E-state index is 0.0928. The fourth-order valence-electron chi connectivity index (χ4n) is 6.62. The number of rotatable bonds is 2. The minimum Gasteiger partial charge on any atom is -0.374 e. The minimum absolute atomic E-state index is 0.0928. The molecule has 0 radical (unpaired) electrons. The number of hydrogen-bond acceptors (Lipinski definition) is 1. The van der Waals surface area contributed by atoms with Crippen molar-refractivity contribution >= 4 is 5.69 Å². The van der Waals surface area contributed by atoms with Gasteiger partial charge in [-0.25, -0.2) is 0 Å². The van der Waals surface area contributed by atoms with Crippen LogP contribution in [0.25, 0.3) is 0 Å². The van der Waals surface area contributed by atoms with Gasteiger partial charge in [-0.2, -0.15) is 0 Å². The van der Waals surface area contributed by atoms with E-state index in [0.717, 1.165) is 5.92 Å². The van der Waals surface area contributed by atoms with Crippen LogP contribution in [0.3, 0.4) is 0 Å². The van der Waals surface area contributed by atoms with E-state index in [1.807, 2.05) is 0 Å². The van der Waals surface area contributed by atoms with Gasteiger partial charge >= 0.3 is 0 Å². The molecule has 0 aromatic heterocycles. The molecule has 0 unspecified atom stereocenters. The van der Waals surface area contributed by atoms with E-state index in [0.29, 0.717) is 5.92 Å². The largest absolute Gasteiger partial charge is 0.374 e. The summed E-state index contributed by atoms with van der Waals surface area (Å²) in [6.07, 6.45) is 9.55. The number of fused-ring (bicyclic) bond motifs is 1. The quantitative estimate of drug-likeness (QED) is 0.635. The van der Waals surface area contributed by atoms with Crippen LogP contribution in [0.15, 0.2) is 48.5 Å². The molecule has 136 valence electrons. The second kappa shape index (κ2) is 5.87. The van der Waals surface area contributed by atoms with E-state index in [9.17, 15) is 0 Å². The van der Waals surface area contributed by atoms with Crippen molar-refractivity contribution in [2.75, 3.05) is 5.32 Å². The maximum absolute atomic E-state index is 4.12. The monoisotopic (exact) mass is 345 g/mol. The van der Waals surface area contributed by atoms with Gasteiger partial charge in [-0.1, -0.05) is 75.6 Å². The molecule has 2 saturated carbocycles. The second-order valence-electron chi connectivity index (χ2n) is 9.16. The van der Waals surface area contributed by atoms with Gasteiger partial charge in [0.25, 0.3) is 0 Å². The Morgan fingerprint density at radius 2 is 1.73 bits per heavy atom. The molecular formula is C25H31N. The van der Waals surface area contributed by atoms with Gasteiger partial charge in [-0.15, -0.1) is 0 Å². The highest BCUT2D eigenvalue weighted by Crippen LogP contribution is 2.66. The Labute approximate surface area is 158 Å². The van der Waals surface area contributed by atoms with Crippen molar-refractivity contribution in [1.29, 1.82) is 0 Å². The van der Waals surface area contributed by atoms with Crippen molar-refractivity contribution in [3.63, 3.8) is 0 Å². The van der Waals surface area contributed by atoms with Crippen LogP contribution >= 0.6 is 0 Å². The normalized spacial score (nSPS) is 32.5. The van der Waals surface area contributed by atoms with E-state index in [-0.39, 0.29) is 11.0 Å². The molecule has 3 aliphatic rings. The molecule has 26 heavy (non-hydrogen) atoms. The third-order valence-electron chi connectivity index (χ3n) is 7.74. The highest BCUT2D eigenvalue weighted by Gasteiger charge is 2.63. The summed E-state index contributed by atoms with van der Waals surface area (Å²) in [5.41, 5.74) is 6.43. The molecule has 1 N–H and O–H groups in total. The smallest absolute Gasteiger partial charge is 0.0725 e. The maximum Gasteiger partial charge on any atom is 0.0725 e. The van der Waals surface area contributed by atoms with E-state index in [1.54, 1.807) is 5.56 Å². The van der Waals surface area contributed by atoms with Crippen molar-refractivity contribution in [3.05, 3.63) is 65.2 Å². The molecule has 1 aliphatic heterocycles. The lowest BCUT2D eigenvalue weighted by Crippen LogP contribution is -2.57. The first-order chi connectivity index (χ1) is 12.7. The first-order valence-electron chi connectivity index (χ1n) is 10.7. The van der Waals surface area contributed by atoms with Gasteiger partial charge in [0.15, 0.2) is 0 Å². The molecule has 0 amide bonds. The number of anilines is 1. The summed E-state index contributed by atoms with van der Waals surface area (Å²) in [7, 11) is 0. The van der Waals surface area contributed by atoms with Crippen molar-refractivity contribution in [2.45, 2.75) is 75.7 Å². The van der Waals surface area contributed by atoms with Crippen LogP contribution in [0.1, 0.15) is 81.4 Å². The summed E-state index contributed by atoms with van der Waals surface area (Å²) in [4.78, 5) is 0. The van der Waals surface area contributed by atoms with Gasteiger partial charge in [-0.3, -0.25) is 0 Å². The van der Waals surface area contributed by atoms with Crippen LogP contribution in [0.5, 0.6) is 0 Å². The highest BCUT2D eigenvalue weighted by atomic mass is 15.1. The Morgan fingerprint density at radius 3 is 2.54 bits per heavy atom. The summed E-state index contributed by atoms with van der Waals surface area (Å²) >= 11 is 0. The lowest BCUT2D eigenvalue weighted by Gasteiger charge is -2.57. The van der Waals surface area contributed by atoms with Crippen molar-refractivity contribution in [1.82, 2.24) is 0 Å². The lowest BCUT2D eigenvalue weighted by atomic mass is 9.48. The standard InChI is InChI=1S/C25H31N/c1-18(2)19-13-14-23-22(17-19)24-15-7-6-9-20(24)12-8-16-25(24,26-23)21-10-4-3-5-11-21/h3-5,10-11,13-14,17-18,20,26H,6-9,12,15-16H2,1-2H3/t20-,24+,25+/m1/s1. The predicted octanol–water partition coefficient (Wildman–Crippen LogP) is 6.74. The van der Waals surface area contributed by atoms with E-state index >= 15 is 0 Å². The van der Waals surface area contributed by atoms with Crippen LogP contribution in [-0.4, -0.2) is 0 Å². The van der Waals surface area contributed by atoms with Gasteiger partial charge < -0.3 is 5.32 Å². The first-order valence-corrected chi connectivity index (χ1v) is 10.7. The van der Waals surface area contributed by atoms with Crippen LogP contribution in [0.2, 0.25) is 0 Å². The average molecular weight is 346 g/mol.